The highest BCUT2D eigenvalue weighted by Gasteiger charge is 2.25. The van der Waals surface area contributed by atoms with Crippen LogP contribution in [0.5, 0.6) is 5.75 Å². The Morgan fingerprint density at radius 2 is 1.56 bits per heavy atom. The second-order valence-electron chi connectivity index (χ2n) is 9.42. The first-order valence-electron chi connectivity index (χ1n) is 12.6. The number of hydrogen-bond acceptors (Lipinski definition) is 4. The molecule has 2 amide bonds. The topological polar surface area (TPSA) is 61.9 Å². The van der Waals surface area contributed by atoms with Crippen molar-refractivity contribution in [2.75, 3.05) is 31.4 Å². The number of nitrogens with zero attached hydrogens (tertiary/aromatic N) is 2. The van der Waals surface area contributed by atoms with Crippen molar-refractivity contribution in [3.05, 3.63) is 124 Å². The summed E-state index contributed by atoms with van der Waals surface area (Å²) in [5, 5.41) is 3.34. The van der Waals surface area contributed by atoms with Crippen LogP contribution in [0.1, 0.15) is 44.8 Å². The molecule has 0 aromatic heterocycles. The standard InChI is InChI=1S/C32H32ClN3O3/c1-22(23-10-6-5-7-11-23)36(32(38)24-14-17-27(39-4)18-15-24)21-25-20-26(16-19-30(25)35(2)3)34-31(37)28-12-8-9-13-29(28)33/h5-20,22H,21H2,1-4H3,(H,34,37). The molecule has 0 aliphatic rings. The highest BCUT2D eigenvalue weighted by Crippen LogP contribution is 2.30. The third-order valence-electron chi connectivity index (χ3n) is 6.63. The van der Waals surface area contributed by atoms with Gasteiger partial charge in [0.05, 0.1) is 23.7 Å². The average molecular weight is 542 g/mol. The van der Waals surface area contributed by atoms with Gasteiger partial charge in [0.15, 0.2) is 0 Å². The Morgan fingerprint density at radius 1 is 0.897 bits per heavy atom. The maximum Gasteiger partial charge on any atom is 0.257 e. The van der Waals surface area contributed by atoms with Crippen molar-refractivity contribution >= 4 is 34.8 Å². The number of rotatable bonds is 9. The molecule has 0 saturated heterocycles. The largest absolute Gasteiger partial charge is 0.497 e. The molecular weight excluding hydrogens is 510 g/mol. The smallest absolute Gasteiger partial charge is 0.257 e. The van der Waals surface area contributed by atoms with E-state index in [4.69, 9.17) is 16.3 Å². The lowest BCUT2D eigenvalue weighted by Crippen LogP contribution is -2.33. The van der Waals surface area contributed by atoms with E-state index in [0.29, 0.717) is 34.1 Å². The second kappa shape index (κ2) is 12.5. The zero-order valence-electron chi connectivity index (χ0n) is 22.5. The molecule has 200 valence electrons. The molecule has 39 heavy (non-hydrogen) atoms. The Kier molecular flexibility index (Phi) is 8.89. The van der Waals surface area contributed by atoms with Gasteiger partial charge in [-0.2, -0.15) is 0 Å². The molecule has 0 aliphatic heterocycles. The van der Waals surface area contributed by atoms with E-state index in [2.05, 4.69) is 5.32 Å². The monoisotopic (exact) mass is 541 g/mol. The summed E-state index contributed by atoms with van der Waals surface area (Å²) in [5.74, 6) is 0.281. The van der Waals surface area contributed by atoms with Gasteiger partial charge in [0.1, 0.15) is 5.75 Å². The number of amides is 2. The van der Waals surface area contributed by atoms with Crippen molar-refractivity contribution in [2.24, 2.45) is 0 Å². The van der Waals surface area contributed by atoms with E-state index in [0.717, 1.165) is 16.8 Å². The van der Waals surface area contributed by atoms with Gasteiger partial charge in [-0.15, -0.1) is 0 Å². The van der Waals surface area contributed by atoms with E-state index in [-0.39, 0.29) is 17.9 Å². The van der Waals surface area contributed by atoms with Crippen molar-refractivity contribution in [1.29, 1.82) is 0 Å². The van der Waals surface area contributed by atoms with Crippen LogP contribution in [0, 0.1) is 0 Å². The van der Waals surface area contributed by atoms with Crippen LogP contribution in [-0.4, -0.2) is 37.9 Å². The molecule has 0 spiro atoms. The number of anilines is 2. The van der Waals surface area contributed by atoms with Crippen molar-refractivity contribution in [1.82, 2.24) is 4.90 Å². The van der Waals surface area contributed by atoms with Gasteiger partial charge in [-0.05, 0) is 72.6 Å². The molecule has 0 bridgehead atoms. The van der Waals surface area contributed by atoms with E-state index in [1.807, 2.05) is 79.3 Å². The van der Waals surface area contributed by atoms with Crippen LogP contribution in [0.3, 0.4) is 0 Å². The van der Waals surface area contributed by atoms with Gasteiger partial charge >= 0.3 is 0 Å². The van der Waals surface area contributed by atoms with Gasteiger partial charge < -0.3 is 19.9 Å². The van der Waals surface area contributed by atoms with Gasteiger partial charge in [-0.1, -0.05) is 54.1 Å². The van der Waals surface area contributed by atoms with Crippen molar-refractivity contribution < 1.29 is 14.3 Å². The molecule has 4 aromatic carbocycles. The lowest BCUT2D eigenvalue weighted by atomic mass is 10.0. The quantitative estimate of drug-likeness (QED) is 0.246. The minimum absolute atomic E-state index is 0.107. The fraction of sp³-hybridized carbons (Fsp3) is 0.188. The molecule has 1 unspecified atom stereocenters. The van der Waals surface area contributed by atoms with Crippen LogP contribution >= 0.6 is 11.6 Å². The van der Waals surface area contributed by atoms with E-state index in [1.165, 1.54) is 0 Å². The number of hydrogen-bond donors (Lipinski definition) is 1. The normalized spacial score (nSPS) is 11.4. The lowest BCUT2D eigenvalue weighted by molar-refractivity contribution is 0.0674. The average Bonchev–Trinajstić information content (AvgIpc) is 2.96. The molecule has 4 aromatic rings. The van der Waals surface area contributed by atoms with E-state index >= 15 is 0 Å². The number of carbonyl (C=O) groups excluding carboxylic acids is 2. The first-order valence-corrected chi connectivity index (χ1v) is 13.0. The molecule has 0 fully saturated rings. The third-order valence-corrected chi connectivity index (χ3v) is 6.96. The summed E-state index contributed by atoms with van der Waals surface area (Å²) in [6.45, 7) is 2.35. The zero-order valence-corrected chi connectivity index (χ0v) is 23.3. The van der Waals surface area contributed by atoms with Crippen LogP contribution in [0.25, 0.3) is 0 Å². The molecule has 4 rings (SSSR count). The highest BCUT2D eigenvalue weighted by atomic mass is 35.5. The number of nitrogens with one attached hydrogen (secondary N) is 1. The molecular formula is C32H32ClN3O3. The van der Waals surface area contributed by atoms with Crippen molar-refractivity contribution in [3.8, 4) is 5.75 Å². The Morgan fingerprint density at radius 3 is 2.21 bits per heavy atom. The summed E-state index contributed by atoms with van der Waals surface area (Å²) in [5.41, 5.74) is 4.43. The molecule has 0 aliphatic carbocycles. The maximum atomic E-state index is 13.9. The van der Waals surface area contributed by atoms with E-state index < -0.39 is 0 Å². The van der Waals surface area contributed by atoms with Crippen LogP contribution < -0.4 is 15.0 Å². The third kappa shape index (κ3) is 6.59. The summed E-state index contributed by atoms with van der Waals surface area (Å²) >= 11 is 6.24. The Bertz CT molecular complexity index is 1440. The fourth-order valence-electron chi connectivity index (χ4n) is 4.45. The molecule has 0 heterocycles. The first kappa shape index (κ1) is 27.7. The van der Waals surface area contributed by atoms with Gasteiger partial charge in [0.25, 0.3) is 11.8 Å². The van der Waals surface area contributed by atoms with Gasteiger partial charge in [0, 0.05) is 37.6 Å². The number of methoxy groups -OCH3 is 1. The molecule has 1 atom stereocenters. The van der Waals surface area contributed by atoms with Gasteiger partial charge in [0.2, 0.25) is 0 Å². The second-order valence-corrected chi connectivity index (χ2v) is 9.83. The number of halogens is 1. The molecule has 0 radical (unpaired) electrons. The Labute approximate surface area is 234 Å². The van der Waals surface area contributed by atoms with Crippen LogP contribution in [0.4, 0.5) is 11.4 Å². The highest BCUT2D eigenvalue weighted by molar-refractivity contribution is 6.34. The Hall–Kier alpha value is -4.29. The minimum atomic E-state index is -0.298. The minimum Gasteiger partial charge on any atom is -0.497 e. The molecule has 0 saturated carbocycles. The van der Waals surface area contributed by atoms with Crippen LogP contribution in [0.2, 0.25) is 5.02 Å². The summed E-state index contributed by atoms with van der Waals surface area (Å²) < 4.78 is 5.27. The summed E-state index contributed by atoms with van der Waals surface area (Å²) in [6, 6.07) is 29.5. The van der Waals surface area contributed by atoms with Gasteiger partial charge in [-0.3, -0.25) is 9.59 Å². The molecule has 1 N–H and O–H groups in total. The van der Waals surface area contributed by atoms with Crippen LogP contribution in [0.15, 0.2) is 97.1 Å². The van der Waals surface area contributed by atoms with E-state index in [9.17, 15) is 9.59 Å². The lowest BCUT2D eigenvalue weighted by Gasteiger charge is -2.32. The summed E-state index contributed by atoms with van der Waals surface area (Å²) in [7, 11) is 5.51. The predicted octanol–water partition coefficient (Wildman–Crippen LogP) is 7.07. The number of benzene rings is 4. The van der Waals surface area contributed by atoms with Crippen LogP contribution in [-0.2, 0) is 6.54 Å². The first-order chi connectivity index (χ1) is 18.8. The predicted molar refractivity (Wildman–Crippen MR) is 158 cm³/mol. The molecule has 7 heteroatoms. The Balaban J connectivity index is 1.70. The number of carbonyl (C=O) groups is 2. The maximum absolute atomic E-state index is 13.9. The van der Waals surface area contributed by atoms with Crippen molar-refractivity contribution in [2.45, 2.75) is 19.5 Å². The van der Waals surface area contributed by atoms with Crippen molar-refractivity contribution in [3.63, 3.8) is 0 Å². The molecule has 6 nitrogen and oxygen atoms in total. The van der Waals surface area contributed by atoms with E-state index in [1.54, 1.807) is 55.6 Å². The number of ether oxygens (including phenoxy) is 1. The van der Waals surface area contributed by atoms with Gasteiger partial charge in [-0.25, -0.2) is 0 Å². The zero-order chi connectivity index (χ0) is 27.9. The SMILES string of the molecule is COc1ccc(C(=O)N(Cc2cc(NC(=O)c3ccccc3Cl)ccc2N(C)C)C(C)c2ccccc2)cc1. The fourth-order valence-corrected chi connectivity index (χ4v) is 4.67. The summed E-state index contributed by atoms with van der Waals surface area (Å²) in [4.78, 5) is 30.7. The summed E-state index contributed by atoms with van der Waals surface area (Å²) in [6.07, 6.45) is 0.